The summed E-state index contributed by atoms with van der Waals surface area (Å²) in [5, 5.41) is 0. The number of unbranched alkanes of at least 4 members (excludes halogenated alkanes) is 8. The van der Waals surface area contributed by atoms with Crippen molar-refractivity contribution < 1.29 is 0 Å². The first kappa shape index (κ1) is 29.0. The molecule has 0 aromatic rings. The standard InChI is InChI=1S/C30H54/c1-5-7-9-11-13-15-17-19-21-23-25-27-30(29(3)4)28-26-24-22-20-18-16-14-12-10-8-6-2/h11-14,21-24,29-30H,5-10,15-20,25-28H2,1-4H3/b13-11+,14-12+,23-21+,24-22+. The Kier molecular flexibility index (Phi) is 23.4. The zero-order valence-electron chi connectivity index (χ0n) is 21.1. The average molecular weight is 415 g/mol. The van der Waals surface area contributed by atoms with Crippen molar-refractivity contribution in [1.29, 1.82) is 0 Å². The van der Waals surface area contributed by atoms with E-state index in [0.29, 0.717) is 0 Å². The molecule has 30 heavy (non-hydrogen) atoms. The van der Waals surface area contributed by atoms with Crippen LogP contribution in [-0.4, -0.2) is 0 Å². The van der Waals surface area contributed by atoms with Crippen LogP contribution in [0.25, 0.3) is 0 Å². The lowest BCUT2D eigenvalue weighted by Crippen LogP contribution is -2.08. The minimum absolute atomic E-state index is 0.799. The lowest BCUT2D eigenvalue weighted by molar-refractivity contribution is 0.341. The quantitative estimate of drug-likeness (QED) is 0.129. The van der Waals surface area contributed by atoms with Crippen LogP contribution in [0.5, 0.6) is 0 Å². The minimum Gasteiger partial charge on any atom is -0.0885 e. The fraction of sp³-hybridized carbons (Fsp3) is 0.733. The van der Waals surface area contributed by atoms with Gasteiger partial charge in [-0.25, -0.2) is 0 Å². The zero-order chi connectivity index (χ0) is 22.1. The first-order chi connectivity index (χ1) is 14.7. The smallest absolute Gasteiger partial charge is 0.0348 e. The molecule has 0 unspecified atom stereocenters. The largest absolute Gasteiger partial charge is 0.0885 e. The lowest BCUT2D eigenvalue weighted by Gasteiger charge is -2.19. The van der Waals surface area contributed by atoms with E-state index in [9.17, 15) is 0 Å². The van der Waals surface area contributed by atoms with Crippen LogP contribution in [0.2, 0.25) is 0 Å². The molecule has 0 heteroatoms. The molecule has 0 bridgehead atoms. The number of rotatable bonds is 21. The maximum absolute atomic E-state index is 2.43. The van der Waals surface area contributed by atoms with E-state index < -0.39 is 0 Å². The molecular formula is C30H54. The van der Waals surface area contributed by atoms with Crippen LogP contribution >= 0.6 is 0 Å². The van der Waals surface area contributed by atoms with Gasteiger partial charge < -0.3 is 0 Å². The second-order valence-corrected chi connectivity index (χ2v) is 9.19. The van der Waals surface area contributed by atoms with Crippen molar-refractivity contribution in [2.45, 2.75) is 130 Å². The Hall–Kier alpha value is -1.04. The summed E-state index contributed by atoms with van der Waals surface area (Å²) in [6.07, 6.45) is 39.7. The van der Waals surface area contributed by atoms with E-state index in [1.54, 1.807) is 0 Å². The molecule has 0 rings (SSSR count). The van der Waals surface area contributed by atoms with Gasteiger partial charge in [-0.2, -0.15) is 0 Å². The van der Waals surface area contributed by atoms with Crippen LogP contribution in [-0.2, 0) is 0 Å². The van der Waals surface area contributed by atoms with Crippen LogP contribution in [0.4, 0.5) is 0 Å². The highest BCUT2D eigenvalue weighted by atomic mass is 14.2. The van der Waals surface area contributed by atoms with Gasteiger partial charge in [-0.15, -0.1) is 0 Å². The van der Waals surface area contributed by atoms with Gasteiger partial charge in [0.1, 0.15) is 0 Å². The van der Waals surface area contributed by atoms with Crippen molar-refractivity contribution in [2.24, 2.45) is 11.8 Å². The molecule has 0 atom stereocenters. The zero-order valence-corrected chi connectivity index (χ0v) is 21.1. The third kappa shape index (κ3) is 21.7. The molecule has 0 aliphatic heterocycles. The van der Waals surface area contributed by atoms with Crippen molar-refractivity contribution in [1.82, 2.24) is 0 Å². The van der Waals surface area contributed by atoms with Crippen molar-refractivity contribution in [3.05, 3.63) is 48.6 Å². The highest BCUT2D eigenvalue weighted by Gasteiger charge is 2.11. The minimum atomic E-state index is 0.799. The molecule has 0 saturated heterocycles. The Morgan fingerprint density at radius 3 is 1.03 bits per heavy atom. The fourth-order valence-corrected chi connectivity index (χ4v) is 3.73. The van der Waals surface area contributed by atoms with Crippen LogP contribution in [0.1, 0.15) is 130 Å². The van der Waals surface area contributed by atoms with Gasteiger partial charge in [-0.05, 0) is 88.9 Å². The van der Waals surface area contributed by atoms with Crippen LogP contribution in [0.3, 0.4) is 0 Å². The first-order valence-electron chi connectivity index (χ1n) is 13.3. The van der Waals surface area contributed by atoms with Crippen molar-refractivity contribution in [3.63, 3.8) is 0 Å². The Morgan fingerprint density at radius 1 is 0.433 bits per heavy atom. The molecule has 0 saturated carbocycles. The summed E-state index contributed by atoms with van der Waals surface area (Å²) in [6, 6.07) is 0. The molecule has 0 aliphatic carbocycles. The Labute approximate surface area is 191 Å². The second-order valence-electron chi connectivity index (χ2n) is 9.19. The van der Waals surface area contributed by atoms with Gasteiger partial charge in [0, 0.05) is 0 Å². The topological polar surface area (TPSA) is 0 Å². The molecule has 0 radical (unpaired) electrons. The molecule has 0 aromatic carbocycles. The van der Waals surface area contributed by atoms with E-state index in [1.165, 1.54) is 103 Å². The molecule has 0 heterocycles. The SMILES string of the molecule is CCCC/C=C/CCC/C=C/CCC(CC/C=C/CCC/C=C/CCCC)C(C)C. The summed E-state index contributed by atoms with van der Waals surface area (Å²) < 4.78 is 0. The van der Waals surface area contributed by atoms with Gasteiger partial charge in [0.25, 0.3) is 0 Å². The summed E-state index contributed by atoms with van der Waals surface area (Å²) in [6.45, 7) is 9.31. The summed E-state index contributed by atoms with van der Waals surface area (Å²) in [5.74, 6) is 1.66. The summed E-state index contributed by atoms with van der Waals surface area (Å²) in [4.78, 5) is 0. The highest BCUT2D eigenvalue weighted by molar-refractivity contribution is 4.88. The molecule has 174 valence electrons. The predicted molar refractivity (Wildman–Crippen MR) is 140 cm³/mol. The fourth-order valence-electron chi connectivity index (χ4n) is 3.73. The van der Waals surface area contributed by atoms with Crippen LogP contribution in [0.15, 0.2) is 48.6 Å². The van der Waals surface area contributed by atoms with E-state index >= 15 is 0 Å². The number of hydrogen-bond acceptors (Lipinski definition) is 0. The molecule has 0 spiro atoms. The molecule has 0 aliphatic rings. The van der Waals surface area contributed by atoms with Gasteiger partial charge in [-0.3, -0.25) is 0 Å². The number of allylic oxidation sites excluding steroid dienone is 8. The maximum Gasteiger partial charge on any atom is -0.0348 e. The van der Waals surface area contributed by atoms with Gasteiger partial charge >= 0.3 is 0 Å². The third-order valence-electron chi connectivity index (χ3n) is 5.95. The number of hydrogen-bond donors (Lipinski definition) is 0. The highest BCUT2D eigenvalue weighted by Crippen LogP contribution is 2.23. The summed E-state index contributed by atoms with van der Waals surface area (Å²) in [7, 11) is 0. The lowest BCUT2D eigenvalue weighted by atomic mass is 9.87. The molecule has 0 N–H and O–H groups in total. The van der Waals surface area contributed by atoms with E-state index in [1.807, 2.05) is 0 Å². The molecule has 0 fully saturated rings. The van der Waals surface area contributed by atoms with Gasteiger partial charge in [0.2, 0.25) is 0 Å². The van der Waals surface area contributed by atoms with Crippen LogP contribution in [0, 0.1) is 11.8 Å². The molecule has 0 aromatic heterocycles. The van der Waals surface area contributed by atoms with E-state index in [0.717, 1.165) is 11.8 Å². The third-order valence-corrected chi connectivity index (χ3v) is 5.95. The maximum atomic E-state index is 2.43. The Morgan fingerprint density at radius 2 is 0.733 bits per heavy atom. The average Bonchev–Trinajstić information content (AvgIpc) is 2.74. The summed E-state index contributed by atoms with van der Waals surface area (Å²) >= 11 is 0. The first-order valence-corrected chi connectivity index (χ1v) is 13.3. The summed E-state index contributed by atoms with van der Waals surface area (Å²) in [5.41, 5.74) is 0. The van der Waals surface area contributed by atoms with Crippen molar-refractivity contribution in [3.8, 4) is 0 Å². The normalized spacial score (nSPS) is 12.9. The molecular weight excluding hydrogens is 360 g/mol. The van der Waals surface area contributed by atoms with E-state index in [2.05, 4.69) is 76.3 Å². The van der Waals surface area contributed by atoms with Crippen molar-refractivity contribution >= 4 is 0 Å². The van der Waals surface area contributed by atoms with Gasteiger partial charge in [0.15, 0.2) is 0 Å². The molecule has 0 nitrogen and oxygen atoms in total. The Bertz CT molecular complexity index is 397. The molecule has 0 amide bonds. The monoisotopic (exact) mass is 414 g/mol. The predicted octanol–water partition coefficient (Wildman–Crippen LogP) is 10.8. The Balaban J connectivity index is 3.73. The van der Waals surface area contributed by atoms with E-state index in [-0.39, 0.29) is 0 Å². The van der Waals surface area contributed by atoms with Gasteiger partial charge in [0.05, 0.1) is 0 Å². The van der Waals surface area contributed by atoms with E-state index in [4.69, 9.17) is 0 Å². The van der Waals surface area contributed by atoms with Gasteiger partial charge in [-0.1, -0.05) is 102 Å². The second kappa shape index (κ2) is 24.2. The van der Waals surface area contributed by atoms with Crippen LogP contribution < -0.4 is 0 Å². The van der Waals surface area contributed by atoms with Crippen molar-refractivity contribution in [2.75, 3.05) is 0 Å².